The molecule has 166 valence electrons. The van der Waals surface area contributed by atoms with Crippen molar-refractivity contribution in [2.24, 2.45) is 5.92 Å². The Hall–Kier alpha value is -3.56. The molecule has 2 aromatic heterocycles. The Balaban J connectivity index is 1.21. The first-order valence-electron chi connectivity index (χ1n) is 10.5. The third-order valence-corrected chi connectivity index (χ3v) is 6.08. The van der Waals surface area contributed by atoms with Crippen LogP contribution in [0.4, 0.5) is 20.7 Å². The molecule has 0 spiro atoms. The number of benzene rings is 1. The van der Waals surface area contributed by atoms with Crippen molar-refractivity contribution in [1.29, 1.82) is 0 Å². The molecule has 3 heterocycles. The molecule has 0 saturated carbocycles. The van der Waals surface area contributed by atoms with Gasteiger partial charge in [0.1, 0.15) is 0 Å². The average molecular weight is 440 g/mol. The van der Waals surface area contributed by atoms with Crippen LogP contribution in [0.15, 0.2) is 30.7 Å². The second kappa shape index (κ2) is 8.18. The van der Waals surface area contributed by atoms with Gasteiger partial charge in [-0.3, -0.25) is 4.79 Å². The van der Waals surface area contributed by atoms with Crippen molar-refractivity contribution in [1.82, 2.24) is 19.9 Å². The number of aliphatic carboxylic acids is 1. The van der Waals surface area contributed by atoms with Crippen molar-refractivity contribution >= 4 is 17.9 Å². The molecule has 0 bridgehead atoms. The lowest BCUT2D eigenvalue weighted by atomic mass is 10.1. The van der Waals surface area contributed by atoms with Gasteiger partial charge in [0, 0.05) is 43.5 Å². The number of aromatic nitrogens is 4. The van der Waals surface area contributed by atoms with Gasteiger partial charge in [-0.2, -0.15) is 0 Å². The van der Waals surface area contributed by atoms with Crippen LogP contribution < -0.4 is 10.2 Å². The Morgan fingerprint density at radius 2 is 1.81 bits per heavy atom. The maximum atomic E-state index is 13.4. The van der Waals surface area contributed by atoms with E-state index >= 15 is 0 Å². The Morgan fingerprint density at radius 3 is 2.47 bits per heavy atom. The number of nitrogens with zero attached hydrogens (tertiary/aromatic N) is 4. The van der Waals surface area contributed by atoms with Gasteiger partial charge in [-0.05, 0) is 48.4 Å². The van der Waals surface area contributed by atoms with Gasteiger partial charge in [-0.25, -0.2) is 23.7 Å². The lowest BCUT2D eigenvalue weighted by molar-refractivity contribution is -0.137. The fourth-order valence-electron chi connectivity index (χ4n) is 4.50. The molecule has 1 fully saturated rings. The van der Waals surface area contributed by atoms with E-state index in [1.165, 1.54) is 12.1 Å². The Morgan fingerprint density at radius 1 is 1.12 bits per heavy atom. The lowest BCUT2D eigenvalue weighted by Crippen LogP contribution is -2.21. The maximum absolute atomic E-state index is 13.4. The number of hydrogen-bond donors (Lipinski definition) is 3. The highest BCUT2D eigenvalue weighted by Crippen LogP contribution is 2.28. The predicted octanol–water partition coefficient (Wildman–Crippen LogP) is 3.03. The molecular formula is C22H22F2N6O2. The van der Waals surface area contributed by atoms with Crippen LogP contribution in [0, 0.1) is 17.6 Å². The summed E-state index contributed by atoms with van der Waals surface area (Å²) >= 11 is 0. The van der Waals surface area contributed by atoms with E-state index < -0.39 is 17.6 Å². The molecule has 3 N–H and O–H groups in total. The number of carboxylic acid groups (broad SMARTS) is 1. The summed E-state index contributed by atoms with van der Waals surface area (Å²) in [5, 5.41) is 12.2. The van der Waals surface area contributed by atoms with Gasteiger partial charge >= 0.3 is 5.97 Å². The monoisotopic (exact) mass is 440 g/mol. The molecule has 1 aromatic carbocycles. The number of carbonyl (C=O) groups is 1. The number of carboxylic acids is 1. The second-order valence-electron chi connectivity index (χ2n) is 8.40. The van der Waals surface area contributed by atoms with Crippen molar-refractivity contribution in [3.8, 4) is 11.3 Å². The lowest BCUT2D eigenvalue weighted by Gasteiger charge is -2.14. The number of rotatable bonds is 6. The molecule has 1 unspecified atom stereocenters. The summed E-state index contributed by atoms with van der Waals surface area (Å²) in [6.45, 7) is 1.43. The number of anilines is 2. The number of H-pyrrole nitrogens is 1. The highest BCUT2D eigenvalue weighted by molar-refractivity contribution is 5.67. The van der Waals surface area contributed by atoms with Crippen LogP contribution in [-0.2, 0) is 17.6 Å². The van der Waals surface area contributed by atoms with Gasteiger partial charge in [0.25, 0.3) is 0 Å². The van der Waals surface area contributed by atoms with Crippen molar-refractivity contribution in [2.45, 2.75) is 31.7 Å². The molecule has 1 aliphatic carbocycles. The number of nitrogens with one attached hydrogen (secondary N) is 2. The summed E-state index contributed by atoms with van der Waals surface area (Å²) in [7, 11) is 0. The number of halogens is 2. The van der Waals surface area contributed by atoms with Crippen LogP contribution in [0.5, 0.6) is 0 Å². The molecular weight excluding hydrogens is 418 g/mol. The number of hydrogen-bond acceptors (Lipinski definition) is 6. The molecule has 10 heteroatoms. The zero-order valence-corrected chi connectivity index (χ0v) is 17.2. The van der Waals surface area contributed by atoms with Crippen molar-refractivity contribution in [3.05, 3.63) is 53.5 Å². The van der Waals surface area contributed by atoms with E-state index in [-0.39, 0.29) is 18.4 Å². The molecule has 1 atom stereocenters. The molecule has 0 amide bonds. The van der Waals surface area contributed by atoms with Crippen molar-refractivity contribution in [2.75, 3.05) is 23.3 Å². The topological polar surface area (TPSA) is 107 Å². The fraction of sp³-hybridized carbons (Fsp3) is 0.364. The molecule has 5 rings (SSSR count). The highest BCUT2D eigenvalue weighted by atomic mass is 19.2. The highest BCUT2D eigenvalue weighted by Gasteiger charge is 2.27. The first kappa shape index (κ1) is 20.3. The Labute approximate surface area is 182 Å². The van der Waals surface area contributed by atoms with Crippen molar-refractivity contribution < 1.29 is 18.7 Å². The standard InChI is InChI=1S/C22H22F2N6O2/c23-17-6-13-4-16(5-14(13)7-18(17)24)28-21-25-8-15(9-26-21)19-10-27-22(29-19)30-2-1-12(11-30)3-20(31)32/h6-10,12,16H,1-5,11H2,(H,27,29)(H,31,32)(H,25,26,28). The summed E-state index contributed by atoms with van der Waals surface area (Å²) in [5.41, 5.74) is 3.15. The zero-order valence-electron chi connectivity index (χ0n) is 17.2. The molecule has 3 aromatic rings. The number of imidazole rings is 1. The Kier molecular flexibility index (Phi) is 5.20. The minimum Gasteiger partial charge on any atom is -0.481 e. The van der Waals surface area contributed by atoms with E-state index in [9.17, 15) is 13.6 Å². The van der Waals surface area contributed by atoms with Gasteiger partial charge in [-0.1, -0.05) is 0 Å². The SMILES string of the molecule is O=C(O)CC1CCN(c2ncc(-c3cnc(NC4Cc5cc(F)c(F)cc5C4)nc3)[nH]2)C1. The van der Waals surface area contributed by atoms with Crippen LogP contribution in [0.25, 0.3) is 11.3 Å². The normalized spacial score (nSPS) is 18.2. The van der Waals surface area contributed by atoms with E-state index in [0.717, 1.165) is 35.3 Å². The first-order valence-corrected chi connectivity index (χ1v) is 10.5. The van der Waals surface area contributed by atoms with Gasteiger partial charge in [-0.15, -0.1) is 0 Å². The van der Waals surface area contributed by atoms with Gasteiger partial charge in [0.2, 0.25) is 11.9 Å². The summed E-state index contributed by atoms with van der Waals surface area (Å²) in [5.74, 6) is -1.14. The van der Waals surface area contributed by atoms with Crippen LogP contribution in [0.2, 0.25) is 0 Å². The summed E-state index contributed by atoms with van der Waals surface area (Å²) in [4.78, 5) is 29.4. The predicted molar refractivity (Wildman–Crippen MR) is 113 cm³/mol. The molecule has 8 nitrogen and oxygen atoms in total. The zero-order chi connectivity index (χ0) is 22.2. The summed E-state index contributed by atoms with van der Waals surface area (Å²) in [6.07, 6.45) is 7.25. The molecule has 0 radical (unpaired) electrons. The fourth-order valence-corrected chi connectivity index (χ4v) is 4.50. The van der Waals surface area contributed by atoms with E-state index in [0.29, 0.717) is 31.3 Å². The van der Waals surface area contributed by atoms with E-state index in [1.807, 2.05) is 0 Å². The largest absolute Gasteiger partial charge is 0.481 e. The second-order valence-corrected chi connectivity index (χ2v) is 8.40. The van der Waals surface area contributed by atoms with Crippen molar-refractivity contribution in [3.63, 3.8) is 0 Å². The molecule has 32 heavy (non-hydrogen) atoms. The molecule has 1 aliphatic heterocycles. The molecule has 2 aliphatic rings. The van der Waals surface area contributed by atoms with Crippen LogP contribution >= 0.6 is 0 Å². The smallest absolute Gasteiger partial charge is 0.303 e. The van der Waals surface area contributed by atoms with Crippen LogP contribution in [0.1, 0.15) is 24.0 Å². The van der Waals surface area contributed by atoms with E-state index in [1.54, 1.807) is 18.6 Å². The van der Waals surface area contributed by atoms with Crippen LogP contribution in [0.3, 0.4) is 0 Å². The summed E-state index contributed by atoms with van der Waals surface area (Å²) in [6, 6.07) is 2.50. The average Bonchev–Trinajstić information content (AvgIpc) is 3.48. The molecule has 1 saturated heterocycles. The Bertz CT molecular complexity index is 1120. The van der Waals surface area contributed by atoms with Gasteiger partial charge in [0.05, 0.1) is 11.9 Å². The van der Waals surface area contributed by atoms with E-state index in [4.69, 9.17) is 5.11 Å². The van der Waals surface area contributed by atoms with Gasteiger partial charge in [0.15, 0.2) is 11.6 Å². The minimum absolute atomic E-state index is 0.0234. The maximum Gasteiger partial charge on any atom is 0.303 e. The number of aromatic amines is 1. The minimum atomic E-state index is -0.824. The van der Waals surface area contributed by atoms with Gasteiger partial charge < -0.3 is 20.3 Å². The van der Waals surface area contributed by atoms with Crippen LogP contribution in [-0.4, -0.2) is 50.1 Å². The quantitative estimate of drug-likeness (QED) is 0.541. The van der Waals surface area contributed by atoms with E-state index in [2.05, 4.69) is 30.2 Å². The third-order valence-electron chi connectivity index (χ3n) is 6.08. The third kappa shape index (κ3) is 4.12. The first-order chi connectivity index (χ1) is 15.4. The summed E-state index contributed by atoms with van der Waals surface area (Å²) < 4.78 is 26.9. The number of fused-ring (bicyclic) bond motifs is 1.